The van der Waals surface area contributed by atoms with Crippen molar-refractivity contribution in [3.8, 4) is 5.75 Å². The number of hydrazone groups is 1. The number of carbonyl (C=O) groups is 6. The Kier molecular flexibility index (Phi) is 20.2. The number of nitrogens with zero attached hydrogens (tertiary/aromatic N) is 3. The number of amides is 2. The SMILES string of the molecule is CC(C)[C@@H](NC1N=CCN1)C(=O)N[C@H](Cc1ccc(O)cc1)C(=O)O.O=Cc1ccc(NN=Cc2c(NCCCN[C@H](CC(=O)O)C(=O)NCC(=O)O)cccc2S(=O)(=O)O)nc1. The van der Waals surface area contributed by atoms with Gasteiger partial charge in [-0.25, -0.2) is 9.78 Å². The average molecular weight is 899 g/mol. The van der Waals surface area contributed by atoms with E-state index in [1.54, 1.807) is 24.4 Å². The van der Waals surface area contributed by atoms with E-state index in [1.807, 2.05) is 13.8 Å². The Bertz CT molecular complexity index is 2210. The first-order chi connectivity index (χ1) is 29.9. The predicted octanol–water partition coefficient (Wildman–Crippen LogP) is 0.0984. The molecule has 63 heavy (non-hydrogen) atoms. The highest BCUT2D eigenvalue weighted by molar-refractivity contribution is 7.86. The van der Waals surface area contributed by atoms with Crippen LogP contribution in [0.5, 0.6) is 5.75 Å². The summed E-state index contributed by atoms with van der Waals surface area (Å²) in [6.45, 7) is 4.14. The van der Waals surface area contributed by atoms with Crippen LogP contribution in [0.25, 0.3) is 0 Å². The van der Waals surface area contributed by atoms with Crippen molar-refractivity contribution in [1.82, 2.24) is 31.6 Å². The average Bonchev–Trinajstić information content (AvgIpc) is 3.75. The maximum Gasteiger partial charge on any atom is 0.326 e. The Balaban J connectivity index is 0.000000365. The van der Waals surface area contributed by atoms with Gasteiger partial charge in [-0.15, -0.1) is 0 Å². The van der Waals surface area contributed by atoms with E-state index < -0.39 is 69.9 Å². The van der Waals surface area contributed by atoms with Crippen LogP contribution < -0.4 is 37.3 Å². The molecule has 1 aromatic heterocycles. The first-order valence-electron chi connectivity index (χ1n) is 19.2. The second kappa shape index (κ2) is 25.2. The van der Waals surface area contributed by atoms with Gasteiger partial charge in [-0.1, -0.05) is 32.0 Å². The van der Waals surface area contributed by atoms with Crippen LogP contribution in [0.1, 0.15) is 48.2 Å². The lowest BCUT2D eigenvalue weighted by atomic mass is 10.0. The molecule has 12 N–H and O–H groups in total. The topological polar surface area (TPSA) is 360 Å². The van der Waals surface area contributed by atoms with Gasteiger partial charge in [0.25, 0.3) is 10.1 Å². The first kappa shape index (κ1) is 50.5. The third-order valence-corrected chi connectivity index (χ3v) is 9.65. The van der Waals surface area contributed by atoms with Crippen molar-refractivity contribution in [3.63, 3.8) is 0 Å². The number of carbonyl (C=O) groups excluding carboxylic acids is 3. The van der Waals surface area contributed by atoms with E-state index in [9.17, 15) is 52.0 Å². The van der Waals surface area contributed by atoms with Gasteiger partial charge in [-0.3, -0.25) is 49.6 Å². The summed E-state index contributed by atoms with van der Waals surface area (Å²) in [6.07, 6.45) is 4.39. The molecule has 0 saturated heterocycles. The molecule has 0 saturated carbocycles. The molecular formula is C39H50N10O13S. The summed E-state index contributed by atoms with van der Waals surface area (Å²) in [6, 6.07) is 10.6. The zero-order chi connectivity index (χ0) is 46.5. The van der Waals surface area contributed by atoms with Gasteiger partial charge in [0.05, 0.1) is 24.7 Å². The van der Waals surface area contributed by atoms with Gasteiger partial charge in [-0.2, -0.15) is 13.5 Å². The molecule has 2 amide bonds. The molecule has 0 radical (unpaired) electrons. The lowest BCUT2D eigenvalue weighted by molar-refractivity contribution is -0.142. The molecule has 0 spiro atoms. The minimum atomic E-state index is -4.61. The van der Waals surface area contributed by atoms with Gasteiger partial charge >= 0.3 is 17.9 Å². The quantitative estimate of drug-likeness (QED) is 0.0186. The molecular weight excluding hydrogens is 849 g/mol. The Hall–Kier alpha value is -6.86. The number of nitrogens with one attached hydrogen (secondary N) is 7. The summed E-state index contributed by atoms with van der Waals surface area (Å²) < 4.78 is 33.4. The molecule has 1 aliphatic heterocycles. The fourth-order valence-electron chi connectivity index (χ4n) is 5.61. The number of hydrogen-bond donors (Lipinski definition) is 12. The summed E-state index contributed by atoms with van der Waals surface area (Å²) >= 11 is 0. The molecule has 3 aromatic rings. The number of aliphatic carboxylic acids is 3. The number of aliphatic imine (C=N–C) groups is 1. The molecule has 0 bridgehead atoms. The van der Waals surface area contributed by atoms with E-state index in [0.717, 1.165) is 6.21 Å². The van der Waals surface area contributed by atoms with Gasteiger partial charge in [-0.05, 0) is 60.8 Å². The number of carboxylic acids is 3. The van der Waals surface area contributed by atoms with Crippen molar-refractivity contribution in [2.45, 2.75) is 62.4 Å². The fourth-order valence-corrected chi connectivity index (χ4v) is 6.30. The van der Waals surface area contributed by atoms with Crippen molar-refractivity contribution in [2.24, 2.45) is 16.0 Å². The second-order valence-electron chi connectivity index (χ2n) is 14.0. The fraction of sp³-hybridized carbons (Fsp3) is 0.359. The van der Waals surface area contributed by atoms with E-state index in [1.165, 1.54) is 42.6 Å². The van der Waals surface area contributed by atoms with Gasteiger partial charge in [0.1, 0.15) is 29.0 Å². The van der Waals surface area contributed by atoms with E-state index in [0.29, 0.717) is 36.1 Å². The Labute approximate surface area is 361 Å². The summed E-state index contributed by atoms with van der Waals surface area (Å²) in [7, 11) is -4.61. The molecule has 0 fully saturated rings. The number of benzene rings is 2. The molecule has 2 heterocycles. The van der Waals surface area contributed by atoms with Gasteiger partial charge in [0.2, 0.25) is 11.8 Å². The highest BCUT2D eigenvalue weighted by Crippen LogP contribution is 2.23. The van der Waals surface area contributed by atoms with Crippen LogP contribution in [0, 0.1) is 5.92 Å². The number of anilines is 2. The normalized spacial score (nSPS) is 14.8. The molecule has 24 heteroatoms. The Morgan fingerprint density at radius 3 is 2.25 bits per heavy atom. The molecule has 1 unspecified atom stereocenters. The molecule has 2 aromatic carbocycles. The number of aromatic hydroxyl groups is 1. The molecule has 4 rings (SSSR count). The third-order valence-electron chi connectivity index (χ3n) is 8.74. The Morgan fingerprint density at radius 1 is 0.952 bits per heavy atom. The van der Waals surface area contributed by atoms with Gasteiger partial charge in [0.15, 0.2) is 12.6 Å². The van der Waals surface area contributed by atoms with Gasteiger partial charge in [0, 0.05) is 48.7 Å². The maximum atomic E-state index is 12.6. The second-order valence-corrected chi connectivity index (χ2v) is 15.3. The van der Waals surface area contributed by atoms with Crippen LogP contribution in [0.15, 0.2) is 75.8 Å². The van der Waals surface area contributed by atoms with Crippen LogP contribution in [0.2, 0.25) is 0 Å². The number of phenols is 1. The summed E-state index contributed by atoms with van der Waals surface area (Å²) in [5, 5.41) is 56.9. The largest absolute Gasteiger partial charge is 0.508 e. The smallest absolute Gasteiger partial charge is 0.326 e. The van der Waals surface area contributed by atoms with E-state index >= 15 is 0 Å². The number of hydrogen-bond acceptors (Lipinski definition) is 17. The summed E-state index contributed by atoms with van der Waals surface area (Å²) in [5.41, 5.74) is 3.99. The Morgan fingerprint density at radius 2 is 1.68 bits per heavy atom. The summed E-state index contributed by atoms with van der Waals surface area (Å²) in [5.74, 6) is -4.45. The maximum absolute atomic E-state index is 12.6. The first-order valence-corrected chi connectivity index (χ1v) is 20.6. The molecule has 23 nitrogen and oxygen atoms in total. The minimum Gasteiger partial charge on any atom is -0.508 e. The van der Waals surface area contributed by atoms with Crippen molar-refractivity contribution in [2.75, 3.05) is 36.9 Å². The van der Waals surface area contributed by atoms with Crippen LogP contribution in [-0.4, -0.2) is 137 Å². The van der Waals surface area contributed by atoms with Crippen molar-refractivity contribution >= 4 is 70.1 Å². The van der Waals surface area contributed by atoms with Crippen molar-refractivity contribution in [1.29, 1.82) is 0 Å². The lowest BCUT2D eigenvalue weighted by Crippen LogP contribution is -2.56. The zero-order valence-electron chi connectivity index (χ0n) is 34.1. The minimum absolute atomic E-state index is 0.0387. The van der Waals surface area contributed by atoms with Crippen molar-refractivity contribution in [3.05, 3.63) is 77.5 Å². The van der Waals surface area contributed by atoms with Gasteiger partial charge < -0.3 is 41.7 Å². The number of rotatable bonds is 24. The highest BCUT2D eigenvalue weighted by atomic mass is 32.2. The van der Waals surface area contributed by atoms with E-state index in [4.69, 9.17) is 10.2 Å². The number of aldehydes is 1. The molecule has 0 aliphatic carbocycles. The standard InChI is InChI=1S/C22H26N6O9S.C17H24N4O4/c29-13-14-5-6-19(25-10-14)28-27-11-15-16(3-1-4-18(15)38(35,36)37)23-7-2-8-24-17(9-20(30)31)22(34)26-12-21(32)33;1-10(2)14(21-17-18-7-8-19-17)15(23)20-13(16(24)25)9-11-3-5-12(22)6-4-11/h1,3-6,10-11,13,17,23-24H,2,7-9,12H2,(H,25,28)(H,26,34)(H,30,31)(H,32,33)(H,35,36,37);3-7,10,13-14,17,19,21-22H,8-9H2,1-2H3,(H,20,23)(H,24,25)/t17-;13-,14-,17?/m11/s1. The molecule has 4 atom stereocenters. The van der Waals surface area contributed by atoms with Crippen LogP contribution in [0.3, 0.4) is 0 Å². The van der Waals surface area contributed by atoms with E-state index in [-0.39, 0.29) is 54.8 Å². The monoisotopic (exact) mass is 898 g/mol. The van der Waals surface area contributed by atoms with Crippen molar-refractivity contribution < 1.29 is 62.2 Å². The molecule has 340 valence electrons. The molecule has 1 aliphatic rings. The van der Waals surface area contributed by atoms with Crippen LogP contribution >= 0.6 is 0 Å². The highest BCUT2D eigenvalue weighted by Gasteiger charge is 2.30. The number of phenolic OH excluding ortho intramolecular Hbond substituents is 1. The number of carboxylic acid groups (broad SMARTS) is 3. The van der Waals surface area contributed by atoms with Crippen LogP contribution in [-0.2, 0) is 40.5 Å². The predicted molar refractivity (Wildman–Crippen MR) is 228 cm³/mol. The van der Waals surface area contributed by atoms with E-state index in [2.05, 4.69) is 52.4 Å². The third kappa shape index (κ3) is 17.9. The summed E-state index contributed by atoms with van der Waals surface area (Å²) in [4.78, 5) is 76.2. The number of aromatic nitrogens is 1. The number of pyridine rings is 1. The lowest BCUT2D eigenvalue weighted by Gasteiger charge is -2.26. The zero-order valence-corrected chi connectivity index (χ0v) is 34.9. The van der Waals surface area contributed by atoms with Crippen LogP contribution in [0.4, 0.5) is 11.5 Å².